The molecule has 0 atom stereocenters. The fraction of sp³-hybridized carbons (Fsp3) is 0.130. The minimum atomic E-state index is -0.256. The highest BCUT2D eigenvalue weighted by atomic mass is 19.1. The SMILES string of the molecule is O=C(NCCO)c1cccc(-c2cccc3nn(Cc4ccccc4F)cc23)c1. The monoisotopic (exact) mass is 389 g/mol. The lowest BCUT2D eigenvalue weighted by Crippen LogP contribution is -2.26. The van der Waals surface area contributed by atoms with E-state index in [1.807, 2.05) is 42.6 Å². The summed E-state index contributed by atoms with van der Waals surface area (Å²) in [6, 6.07) is 19.8. The van der Waals surface area contributed by atoms with E-state index in [-0.39, 0.29) is 24.9 Å². The maximum atomic E-state index is 14.0. The number of aromatic nitrogens is 2. The topological polar surface area (TPSA) is 67.2 Å². The molecule has 0 aliphatic heterocycles. The van der Waals surface area contributed by atoms with Gasteiger partial charge in [0, 0.05) is 29.3 Å². The highest BCUT2D eigenvalue weighted by Crippen LogP contribution is 2.29. The van der Waals surface area contributed by atoms with Crippen LogP contribution in [0.3, 0.4) is 0 Å². The van der Waals surface area contributed by atoms with E-state index in [9.17, 15) is 9.18 Å². The van der Waals surface area contributed by atoms with Crippen molar-refractivity contribution in [1.29, 1.82) is 0 Å². The van der Waals surface area contributed by atoms with Gasteiger partial charge in [-0.15, -0.1) is 0 Å². The van der Waals surface area contributed by atoms with Gasteiger partial charge in [0.15, 0.2) is 0 Å². The highest BCUT2D eigenvalue weighted by molar-refractivity contribution is 5.98. The zero-order chi connectivity index (χ0) is 20.2. The molecule has 4 aromatic rings. The zero-order valence-corrected chi connectivity index (χ0v) is 15.7. The van der Waals surface area contributed by atoms with Gasteiger partial charge in [-0.1, -0.05) is 42.5 Å². The van der Waals surface area contributed by atoms with Gasteiger partial charge in [0.05, 0.1) is 18.7 Å². The molecule has 1 heterocycles. The first-order valence-electron chi connectivity index (χ1n) is 9.35. The van der Waals surface area contributed by atoms with E-state index >= 15 is 0 Å². The van der Waals surface area contributed by atoms with Gasteiger partial charge >= 0.3 is 0 Å². The molecule has 0 saturated carbocycles. The summed E-state index contributed by atoms with van der Waals surface area (Å²) in [6.07, 6.45) is 1.90. The largest absolute Gasteiger partial charge is 0.395 e. The number of rotatable bonds is 6. The summed E-state index contributed by atoms with van der Waals surface area (Å²) in [7, 11) is 0. The lowest BCUT2D eigenvalue weighted by molar-refractivity contribution is 0.0945. The van der Waals surface area contributed by atoms with Crippen LogP contribution in [-0.2, 0) is 6.54 Å². The molecule has 0 bridgehead atoms. The molecule has 6 heteroatoms. The number of aliphatic hydroxyl groups excluding tert-OH is 1. The van der Waals surface area contributed by atoms with Crippen molar-refractivity contribution < 1.29 is 14.3 Å². The second-order valence-corrected chi connectivity index (χ2v) is 6.72. The average molecular weight is 389 g/mol. The second-order valence-electron chi connectivity index (χ2n) is 6.72. The number of halogens is 1. The van der Waals surface area contributed by atoms with E-state index in [1.165, 1.54) is 6.07 Å². The Morgan fingerprint density at radius 2 is 1.90 bits per heavy atom. The van der Waals surface area contributed by atoms with Gasteiger partial charge in [-0.2, -0.15) is 5.10 Å². The van der Waals surface area contributed by atoms with Gasteiger partial charge in [0.25, 0.3) is 5.91 Å². The third-order valence-electron chi connectivity index (χ3n) is 4.72. The van der Waals surface area contributed by atoms with Crippen LogP contribution in [0.2, 0.25) is 0 Å². The summed E-state index contributed by atoms with van der Waals surface area (Å²) in [5.41, 5.74) is 3.72. The summed E-state index contributed by atoms with van der Waals surface area (Å²) in [6.45, 7) is 0.442. The Balaban J connectivity index is 1.69. The number of hydrogen-bond donors (Lipinski definition) is 2. The van der Waals surface area contributed by atoms with Crippen molar-refractivity contribution in [3.8, 4) is 11.1 Å². The van der Waals surface area contributed by atoms with Crippen LogP contribution in [0.4, 0.5) is 4.39 Å². The summed E-state index contributed by atoms with van der Waals surface area (Å²) in [5, 5.41) is 17.1. The third kappa shape index (κ3) is 4.02. The summed E-state index contributed by atoms with van der Waals surface area (Å²) < 4.78 is 15.7. The van der Waals surface area contributed by atoms with Crippen LogP contribution in [0.25, 0.3) is 22.0 Å². The second kappa shape index (κ2) is 8.24. The molecule has 1 aromatic heterocycles. The minimum absolute atomic E-state index is 0.105. The maximum Gasteiger partial charge on any atom is 0.251 e. The summed E-state index contributed by atoms with van der Waals surface area (Å²) >= 11 is 0. The van der Waals surface area contributed by atoms with Crippen molar-refractivity contribution in [1.82, 2.24) is 15.1 Å². The van der Waals surface area contributed by atoms with Gasteiger partial charge in [-0.25, -0.2) is 4.39 Å². The lowest BCUT2D eigenvalue weighted by atomic mass is 10.00. The number of hydrogen-bond acceptors (Lipinski definition) is 3. The molecule has 4 rings (SSSR count). The maximum absolute atomic E-state index is 14.0. The Kier molecular flexibility index (Phi) is 5.35. The van der Waals surface area contributed by atoms with Crippen molar-refractivity contribution in [2.45, 2.75) is 6.54 Å². The van der Waals surface area contributed by atoms with Gasteiger partial charge in [-0.3, -0.25) is 9.48 Å². The fourth-order valence-corrected chi connectivity index (χ4v) is 3.33. The Hall–Kier alpha value is -3.51. The number of aliphatic hydroxyl groups is 1. The first-order valence-corrected chi connectivity index (χ1v) is 9.35. The van der Waals surface area contributed by atoms with Crippen molar-refractivity contribution >= 4 is 16.8 Å². The molecular formula is C23H20FN3O2. The first-order chi connectivity index (χ1) is 14.2. The third-order valence-corrected chi connectivity index (χ3v) is 4.72. The molecule has 0 aliphatic rings. The minimum Gasteiger partial charge on any atom is -0.395 e. The van der Waals surface area contributed by atoms with Crippen molar-refractivity contribution in [2.75, 3.05) is 13.2 Å². The number of nitrogens with one attached hydrogen (secondary N) is 1. The smallest absolute Gasteiger partial charge is 0.251 e. The van der Waals surface area contributed by atoms with Gasteiger partial charge in [0.2, 0.25) is 0 Å². The number of carbonyl (C=O) groups excluding carboxylic acids is 1. The van der Waals surface area contributed by atoms with Crippen molar-refractivity contribution in [3.05, 3.63) is 89.9 Å². The van der Waals surface area contributed by atoms with Crippen LogP contribution in [0.15, 0.2) is 72.9 Å². The normalized spacial score (nSPS) is 11.0. The van der Waals surface area contributed by atoms with E-state index in [2.05, 4.69) is 10.4 Å². The van der Waals surface area contributed by atoms with Crippen LogP contribution >= 0.6 is 0 Å². The van der Waals surface area contributed by atoms with E-state index in [0.29, 0.717) is 17.7 Å². The Morgan fingerprint density at radius 1 is 1.07 bits per heavy atom. The van der Waals surface area contributed by atoms with E-state index in [1.54, 1.807) is 28.9 Å². The van der Waals surface area contributed by atoms with Crippen LogP contribution in [0.5, 0.6) is 0 Å². The Bertz CT molecular complexity index is 1170. The summed E-state index contributed by atoms with van der Waals surface area (Å²) in [4.78, 5) is 12.2. The van der Waals surface area contributed by atoms with Gasteiger partial charge in [-0.05, 0) is 35.4 Å². The number of fused-ring (bicyclic) bond motifs is 1. The lowest BCUT2D eigenvalue weighted by Gasteiger charge is -2.07. The molecule has 0 saturated heterocycles. The molecule has 0 radical (unpaired) electrons. The number of amides is 1. The predicted octanol–water partition coefficient (Wildman–Crippen LogP) is 3.61. The summed E-state index contributed by atoms with van der Waals surface area (Å²) in [5.74, 6) is -0.489. The Morgan fingerprint density at radius 3 is 2.72 bits per heavy atom. The number of nitrogens with zero attached hydrogens (tertiary/aromatic N) is 2. The van der Waals surface area contributed by atoms with Crippen molar-refractivity contribution in [3.63, 3.8) is 0 Å². The molecule has 3 aromatic carbocycles. The molecule has 0 fully saturated rings. The van der Waals surface area contributed by atoms with E-state index < -0.39 is 0 Å². The van der Waals surface area contributed by atoms with Crippen LogP contribution in [-0.4, -0.2) is 33.9 Å². The number of benzene rings is 3. The predicted molar refractivity (Wildman–Crippen MR) is 110 cm³/mol. The fourth-order valence-electron chi connectivity index (χ4n) is 3.33. The van der Waals surface area contributed by atoms with E-state index in [0.717, 1.165) is 22.0 Å². The first kappa shape index (κ1) is 18.8. The molecule has 146 valence electrons. The average Bonchev–Trinajstić information content (AvgIpc) is 3.16. The number of carbonyl (C=O) groups is 1. The van der Waals surface area contributed by atoms with Crippen LogP contribution in [0, 0.1) is 5.82 Å². The molecular weight excluding hydrogens is 369 g/mol. The van der Waals surface area contributed by atoms with Crippen LogP contribution in [0.1, 0.15) is 15.9 Å². The highest BCUT2D eigenvalue weighted by Gasteiger charge is 2.11. The quantitative estimate of drug-likeness (QED) is 0.529. The Labute approximate surface area is 167 Å². The van der Waals surface area contributed by atoms with Crippen molar-refractivity contribution in [2.24, 2.45) is 0 Å². The molecule has 2 N–H and O–H groups in total. The molecule has 1 amide bonds. The molecule has 0 aliphatic carbocycles. The molecule has 0 spiro atoms. The molecule has 29 heavy (non-hydrogen) atoms. The van der Waals surface area contributed by atoms with Gasteiger partial charge < -0.3 is 10.4 Å². The molecule has 0 unspecified atom stereocenters. The van der Waals surface area contributed by atoms with Gasteiger partial charge in [0.1, 0.15) is 5.82 Å². The zero-order valence-electron chi connectivity index (χ0n) is 15.7. The van der Waals surface area contributed by atoms with E-state index in [4.69, 9.17) is 5.11 Å². The standard InChI is InChI=1S/C23H20FN3O2/c24-21-9-2-1-5-18(21)14-27-15-20-19(8-4-10-22(20)26-27)16-6-3-7-17(13-16)23(29)25-11-12-28/h1-10,13,15,28H,11-12,14H2,(H,25,29). The molecule has 5 nitrogen and oxygen atoms in total. The van der Waals surface area contributed by atoms with Crippen LogP contribution < -0.4 is 5.32 Å².